The van der Waals surface area contributed by atoms with Crippen molar-refractivity contribution in [1.82, 2.24) is 5.32 Å². The predicted octanol–water partition coefficient (Wildman–Crippen LogP) is 2.41. The molecule has 2 aliphatic heterocycles. The van der Waals surface area contributed by atoms with Crippen LogP contribution in [0.2, 0.25) is 0 Å². The molecule has 0 spiro atoms. The van der Waals surface area contributed by atoms with Gasteiger partial charge < -0.3 is 34.6 Å². The standard InChI is InChI=1S/C37H36N2O12.ClH/c1-16-31(42)21(38-22-12-25(41)39(36(22)47)18-8-5-4-6-9-18)13-26(50-16)51-24-15-37(48,17(2)40)14-20-28(24)35(46)30-29(33(20)44)32(43)19-10-7-11-23(49-3)27(19)34(30)45;/h4-11,16,21-22,24,26,31,38,42,44,46,48H,12-15H2,1-3H3;1H/t16?,21?,22?,24?,26?,31?,37-;/m0./s1. The van der Waals surface area contributed by atoms with Crippen molar-refractivity contribution in [2.24, 2.45) is 0 Å². The topological polar surface area (TPSA) is 209 Å². The molecule has 52 heavy (non-hydrogen) atoms. The Morgan fingerprint density at radius 1 is 0.981 bits per heavy atom. The number of phenolic OH excluding ortho intramolecular Hbond substituents is 2. The second-order valence-corrected chi connectivity index (χ2v) is 13.4. The highest BCUT2D eigenvalue weighted by Gasteiger charge is 2.50. The van der Waals surface area contributed by atoms with E-state index in [1.54, 1.807) is 37.3 Å². The third kappa shape index (κ3) is 5.85. The highest BCUT2D eigenvalue weighted by atomic mass is 35.5. The van der Waals surface area contributed by atoms with Crippen LogP contribution in [0, 0.1) is 0 Å². The molecule has 15 heteroatoms. The smallest absolute Gasteiger partial charge is 0.251 e. The Hall–Kier alpha value is -4.70. The molecule has 7 atom stereocenters. The zero-order valence-corrected chi connectivity index (χ0v) is 29.1. The van der Waals surface area contributed by atoms with E-state index >= 15 is 0 Å². The highest BCUT2D eigenvalue weighted by molar-refractivity contribution is 6.31. The summed E-state index contributed by atoms with van der Waals surface area (Å²) in [7, 11) is 1.32. The van der Waals surface area contributed by atoms with Crippen LogP contribution in [0.4, 0.5) is 5.69 Å². The number of aliphatic hydroxyl groups is 2. The van der Waals surface area contributed by atoms with Gasteiger partial charge in [-0.2, -0.15) is 0 Å². The number of carbonyl (C=O) groups excluding carboxylic acids is 5. The quantitative estimate of drug-likeness (QED) is 0.137. The third-order valence-corrected chi connectivity index (χ3v) is 10.3. The molecule has 0 bridgehead atoms. The number of rotatable bonds is 7. The van der Waals surface area contributed by atoms with Crippen molar-refractivity contribution < 1.29 is 58.6 Å². The summed E-state index contributed by atoms with van der Waals surface area (Å²) < 4.78 is 17.6. The molecule has 2 amide bonds. The van der Waals surface area contributed by atoms with Crippen LogP contribution in [0.15, 0.2) is 48.5 Å². The normalized spacial score (nSPS) is 28.1. The first-order chi connectivity index (χ1) is 24.2. The fourth-order valence-electron chi connectivity index (χ4n) is 7.66. The molecule has 5 N–H and O–H groups in total. The number of imide groups is 1. The molecular formula is C37H37ClN2O12. The Bertz CT molecular complexity index is 2000. The molecule has 6 unspecified atom stereocenters. The number of anilines is 1. The maximum atomic E-state index is 13.9. The van der Waals surface area contributed by atoms with Crippen LogP contribution < -0.4 is 15.0 Å². The SMILES string of the molecule is COc1cccc2c1C(=O)c1c(O)c3c(c(O)c1C2=O)C[C@@](O)(C(C)=O)CC3OC1CC(NC2CC(=O)N(c3ccccc3)C2=O)C(O)C(C)O1.Cl. The number of ether oxygens (including phenoxy) is 3. The van der Waals surface area contributed by atoms with Crippen molar-refractivity contribution in [3.05, 3.63) is 81.9 Å². The lowest BCUT2D eigenvalue weighted by molar-refractivity contribution is -0.250. The molecule has 3 aromatic rings. The number of aromatic hydroxyl groups is 2. The molecule has 274 valence electrons. The first-order valence-corrected chi connectivity index (χ1v) is 16.5. The molecule has 4 aliphatic rings. The average Bonchev–Trinajstić information content (AvgIpc) is 3.38. The summed E-state index contributed by atoms with van der Waals surface area (Å²) in [4.78, 5) is 67.7. The number of nitrogens with zero attached hydrogens (tertiary/aromatic N) is 1. The van der Waals surface area contributed by atoms with Crippen molar-refractivity contribution >= 4 is 47.3 Å². The summed E-state index contributed by atoms with van der Waals surface area (Å²) in [5, 5.41) is 49.0. The van der Waals surface area contributed by atoms with Gasteiger partial charge in [-0.15, -0.1) is 12.4 Å². The number of phenols is 2. The number of hydrogen-bond donors (Lipinski definition) is 5. The van der Waals surface area contributed by atoms with Crippen LogP contribution in [0.5, 0.6) is 17.2 Å². The number of carbonyl (C=O) groups is 5. The minimum atomic E-state index is -2.10. The van der Waals surface area contributed by atoms with E-state index in [2.05, 4.69) is 5.32 Å². The Labute approximate surface area is 303 Å². The molecule has 0 aromatic heterocycles. The average molecular weight is 737 g/mol. The van der Waals surface area contributed by atoms with Gasteiger partial charge in [0.05, 0.1) is 60.3 Å². The minimum absolute atomic E-state index is 0. The van der Waals surface area contributed by atoms with Gasteiger partial charge in [-0.1, -0.05) is 30.3 Å². The lowest BCUT2D eigenvalue weighted by Gasteiger charge is -2.43. The minimum Gasteiger partial charge on any atom is -0.507 e. The highest BCUT2D eigenvalue weighted by Crippen LogP contribution is 2.52. The number of fused-ring (bicyclic) bond motifs is 3. The summed E-state index contributed by atoms with van der Waals surface area (Å²) in [6, 6.07) is 11.0. The van der Waals surface area contributed by atoms with E-state index in [1.165, 1.54) is 25.3 Å². The second-order valence-electron chi connectivity index (χ2n) is 13.4. The molecule has 0 radical (unpaired) electrons. The molecule has 2 heterocycles. The van der Waals surface area contributed by atoms with E-state index < -0.39 is 107 Å². The van der Waals surface area contributed by atoms with Crippen LogP contribution in [0.1, 0.15) is 82.2 Å². The number of methoxy groups -OCH3 is 1. The first-order valence-electron chi connectivity index (χ1n) is 16.5. The van der Waals surface area contributed by atoms with Gasteiger partial charge in [-0.3, -0.25) is 29.3 Å². The monoisotopic (exact) mass is 736 g/mol. The summed E-state index contributed by atoms with van der Waals surface area (Å²) in [5.74, 6) is -4.39. The number of para-hydroxylation sites is 1. The summed E-state index contributed by atoms with van der Waals surface area (Å²) in [6.45, 7) is 2.73. The molecule has 7 rings (SSSR count). The van der Waals surface area contributed by atoms with Gasteiger partial charge in [0, 0.05) is 42.0 Å². The number of Topliss-reactive ketones (excluding diaryl/α,β-unsaturated/α-hetero) is 1. The third-order valence-electron chi connectivity index (χ3n) is 10.3. The molecule has 2 aliphatic carbocycles. The van der Waals surface area contributed by atoms with Crippen molar-refractivity contribution in [1.29, 1.82) is 0 Å². The van der Waals surface area contributed by atoms with Gasteiger partial charge in [-0.05, 0) is 32.0 Å². The molecule has 2 fully saturated rings. The predicted molar refractivity (Wildman–Crippen MR) is 184 cm³/mol. The fraction of sp³-hybridized carbons (Fsp3) is 0.378. The molecule has 3 aromatic carbocycles. The number of halogens is 1. The van der Waals surface area contributed by atoms with Gasteiger partial charge in [0.15, 0.2) is 17.9 Å². The van der Waals surface area contributed by atoms with Gasteiger partial charge >= 0.3 is 0 Å². The van der Waals surface area contributed by atoms with Gasteiger partial charge in [0.2, 0.25) is 11.7 Å². The largest absolute Gasteiger partial charge is 0.507 e. The zero-order chi connectivity index (χ0) is 36.5. The maximum Gasteiger partial charge on any atom is 0.251 e. The van der Waals surface area contributed by atoms with Crippen molar-refractivity contribution in [2.75, 3.05) is 12.0 Å². The van der Waals surface area contributed by atoms with Crippen molar-refractivity contribution in [2.45, 2.75) is 81.8 Å². The Balaban J connectivity index is 0.00000464. The van der Waals surface area contributed by atoms with Crippen molar-refractivity contribution in [3.63, 3.8) is 0 Å². The number of aliphatic hydroxyl groups excluding tert-OH is 1. The summed E-state index contributed by atoms with van der Waals surface area (Å²) in [6.07, 6.45) is -5.71. The molecule has 0 saturated carbocycles. The number of ketones is 3. The molecular weight excluding hydrogens is 700 g/mol. The number of nitrogens with one attached hydrogen (secondary N) is 1. The van der Waals surface area contributed by atoms with Gasteiger partial charge in [0.1, 0.15) is 22.8 Å². The van der Waals surface area contributed by atoms with Crippen LogP contribution in [0.25, 0.3) is 0 Å². The lowest BCUT2D eigenvalue weighted by atomic mass is 9.72. The van der Waals surface area contributed by atoms with E-state index in [0.29, 0.717) is 5.69 Å². The maximum absolute atomic E-state index is 13.9. The van der Waals surface area contributed by atoms with Gasteiger partial charge in [0.25, 0.3) is 5.91 Å². The second kappa shape index (κ2) is 13.7. The van der Waals surface area contributed by atoms with Crippen LogP contribution in [-0.4, -0.2) is 92.9 Å². The summed E-state index contributed by atoms with van der Waals surface area (Å²) >= 11 is 0. The Kier molecular flexibility index (Phi) is 9.76. The van der Waals surface area contributed by atoms with E-state index in [9.17, 15) is 44.4 Å². The molecule has 14 nitrogen and oxygen atoms in total. The number of hydrogen-bond acceptors (Lipinski definition) is 13. The van der Waals surface area contributed by atoms with E-state index in [-0.39, 0.29) is 53.3 Å². The lowest BCUT2D eigenvalue weighted by Crippen LogP contribution is -2.57. The number of benzene rings is 3. The Morgan fingerprint density at radius 2 is 1.67 bits per heavy atom. The van der Waals surface area contributed by atoms with E-state index in [4.69, 9.17) is 14.2 Å². The van der Waals surface area contributed by atoms with Crippen molar-refractivity contribution in [3.8, 4) is 17.2 Å². The Morgan fingerprint density at radius 3 is 2.35 bits per heavy atom. The van der Waals surface area contributed by atoms with E-state index in [1.807, 2.05) is 0 Å². The fourth-order valence-corrected chi connectivity index (χ4v) is 7.66. The molecule has 2 saturated heterocycles. The van der Waals surface area contributed by atoms with Crippen LogP contribution >= 0.6 is 12.4 Å². The van der Waals surface area contributed by atoms with Crippen LogP contribution in [0.3, 0.4) is 0 Å². The first kappa shape index (κ1) is 37.1. The van der Waals surface area contributed by atoms with E-state index in [0.717, 1.165) is 11.8 Å². The zero-order valence-electron chi connectivity index (χ0n) is 28.3. The van der Waals surface area contributed by atoms with Crippen LogP contribution in [-0.2, 0) is 30.3 Å². The summed E-state index contributed by atoms with van der Waals surface area (Å²) in [5.41, 5.74) is -3.05. The van der Waals surface area contributed by atoms with Gasteiger partial charge in [-0.25, -0.2) is 4.90 Å². The number of amides is 2.